The fourth-order valence-corrected chi connectivity index (χ4v) is 5.79. The van der Waals surface area contributed by atoms with Gasteiger partial charge in [0, 0.05) is 51.6 Å². The zero-order chi connectivity index (χ0) is 23.3. The van der Waals surface area contributed by atoms with Crippen molar-refractivity contribution in [2.24, 2.45) is 14.1 Å². The number of hydrogen-bond donors (Lipinski definition) is 1. The van der Waals surface area contributed by atoms with Crippen molar-refractivity contribution in [3.05, 3.63) is 52.9 Å². The summed E-state index contributed by atoms with van der Waals surface area (Å²) in [6.07, 6.45) is 1.21. The number of nitrogens with zero attached hydrogens (tertiary/aromatic N) is 4. The number of rotatable bonds is 5. The van der Waals surface area contributed by atoms with Crippen molar-refractivity contribution in [1.29, 1.82) is 0 Å². The second kappa shape index (κ2) is 7.94. The van der Waals surface area contributed by atoms with Gasteiger partial charge in [-0.25, -0.2) is 21.6 Å². The van der Waals surface area contributed by atoms with Crippen LogP contribution in [-0.4, -0.2) is 62.7 Å². The Morgan fingerprint density at radius 1 is 0.812 bits per heavy atom. The van der Waals surface area contributed by atoms with Crippen molar-refractivity contribution < 1.29 is 16.8 Å². The summed E-state index contributed by atoms with van der Waals surface area (Å²) < 4.78 is 56.0. The second-order valence-electron chi connectivity index (χ2n) is 7.85. The maximum atomic E-state index is 12.9. The van der Waals surface area contributed by atoms with Crippen LogP contribution in [0.3, 0.4) is 0 Å². The summed E-state index contributed by atoms with van der Waals surface area (Å²) in [6.45, 7) is 1.96. The Balaban J connectivity index is 1.50. The first-order valence-corrected chi connectivity index (χ1v) is 13.3. The third-order valence-electron chi connectivity index (χ3n) is 5.75. The van der Waals surface area contributed by atoms with Crippen LogP contribution in [0.2, 0.25) is 0 Å². The predicted molar refractivity (Wildman–Crippen MR) is 124 cm³/mol. The minimum absolute atomic E-state index is 0.0622. The maximum Gasteiger partial charge on any atom is 0.328 e. The lowest BCUT2D eigenvalue weighted by Crippen LogP contribution is -2.48. The van der Waals surface area contributed by atoms with E-state index in [1.54, 1.807) is 44.4 Å². The summed E-state index contributed by atoms with van der Waals surface area (Å²) in [4.78, 5) is 14.2. The van der Waals surface area contributed by atoms with Gasteiger partial charge in [0.2, 0.25) is 10.0 Å². The van der Waals surface area contributed by atoms with Gasteiger partial charge in [0.25, 0.3) is 10.0 Å². The van der Waals surface area contributed by atoms with Crippen LogP contribution in [-0.2, 0) is 34.1 Å². The fraction of sp³-hybridized carbons (Fsp3) is 0.350. The van der Waals surface area contributed by atoms with Gasteiger partial charge in [0.1, 0.15) is 0 Å². The van der Waals surface area contributed by atoms with Crippen LogP contribution in [0, 0.1) is 0 Å². The molecule has 0 bridgehead atoms. The first-order valence-electron chi connectivity index (χ1n) is 9.96. The van der Waals surface area contributed by atoms with Crippen molar-refractivity contribution in [3.63, 3.8) is 0 Å². The highest BCUT2D eigenvalue weighted by Gasteiger charge is 2.23. The molecule has 0 unspecified atom stereocenters. The van der Waals surface area contributed by atoms with Crippen molar-refractivity contribution >= 4 is 42.5 Å². The molecule has 2 aromatic carbocycles. The Kier molecular flexibility index (Phi) is 5.55. The van der Waals surface area contributed by atoms with Crippen LogP contribution in [0.25, 0.3) is 11.0 Å². The molecule has 0 spiro atoms. The first kappa shape index (κ1) is 22.4. The lowest BCUT2D eigenvalue weighted by atomic mass is 10.2. The minimum atomic E-state index is -3.85. The summed E-state index contributed by atoms with van der Waals surface area (Å²) in [5.41, 5.74) is 2.25. The third kappa shape index (κ3) is 4.12. The first-order chi connectivity index (χ1) is 15.0. The standard InChI is InChI=1S/C20H25N5O5S2/c1-22-18-9-8-17(14-19(18)23(2)20(22)26)32(29,30)21-15-4-6-16(7-5-15)24-10-12-25(13-11-24)31(3,27)28/h4-9,14,21H,10-13H2,1-3H3. The molecule has 0 amide bonds. The van der Waals surface area contributed by atoms with E-state index in [1.165, 1.54) is 31.8 Å². The molecular formula is C20H25N5O5S2. The molecule has 0 saturated carbocycles. The van der Waals surface area contributed by atoms with Crippen LogP contribution in [0.5, 0.6) is 0 Å². The molecule has 1 aliphatic rings. The Morgan fingerprint density at radius 3 is 2.00 bits per heavy atom. The fourth-order valence-electron chi connectivity index (χ4n) is 3.89. The molecule has 1 saturated heterocycles. The van der Waals surface area contributed by atoms with Crippen molar-refractivity contribution in [2.45, 2.75) is 4.90 Å². The highest BCUT2D eigenvalue weighted by Crippen LogP contribution is 2.24. The number of aryl methyl sites for hydroxylation is 2. The van der Waals surface area contributed by atoms with Crippen molar-refractivity contribution in [1.82, 2.24) is 13.4 Å². The van der Waals surface area contributed by atoms with Crippen LogP contribution in [0.15, 0.2) is 52.2 Å². The van der Waals surface area contributed by atoms with E-state index >= 15 is 0 Å². The van der Waals surface area contributed by atoms with Crippen LogP contribution in [0.4, 0.5) is 11.4 Å². The number of nitrogens with one attached hydrogen (secondary N) is 1. The highest BCUT2D eigenvalue weighted by atomic mass is 32.2. The van der Waals surface area contributed by atoms with E-state index in [1.807, 2.05) is 0 Å². The van der Waals surface area contributed by atoms with Gasteiger partial charge in [0.05, 0.1) is 22.2 Å². The van der Waals surface area contributed by atoms with Gasteiger partial charge in [-0.2, -0.15) is 4.31 Å². The Bertz CT molecular complexity index is 1430. The number of imidazole rings is 1. The van der Waals surface area contributed by atoms with Gasteiger partial charge in [-0.15, -0.1) is 0 Å². The van der Waals surface area contributed by atoms with E-state index in [0.29, 0.717) is 42.9 Å². The second-order valence-corrected chi connectivity index (χ2v) is 11.5. The summed E-state index contributed by atoms with van der Waals surface area (Å²) in [5, 5.41) is 0. The van der Waals surface area contributed by atoms with E-state index < -0.39 is 20.0 Å². The Labute approximate surface area is 186 Å². The summed E-state index contributed by atoms with van der Waals surface area (Å²) >= 11 is 0. The van der Waals surface area contributed by atoms with Crippen molar-refractivity contribution in [2.75, 3.05) is 42.1 Å². The highest BCUT2D eigenvalue weighted by molar-refractivity contribution is 7.92. The smallest absolute Gasteiger partial charge is 0.328 e. The molecule has 10 nitrogen and oxygen atoms in total. The topological polar surface area (TPSA) is 114 Å². The maximum absolute atomic E-state index is 12.9. The largest absolute Gasteiger partial charge is 0.369 e. The Morgan fingerprint density at radius 2 is 1.41 bits per heavy atom. The lowest BCUT2D eigenvalue weighted by Gasteiger charge is -2.34. The van der Waals surface area contributed by atoms with Gasteiger partial charge in [0.15, 0.2) is 0 Å². The number of fused-ring (bicyclic) bond motifs is 1. The molecule has 3 aromatic rings. The normalized spacial score (nSPS) is 15.9. The van der Waals surface area contributed by atoms with E-state index in [9.17, 15) is 21.6 Å². The Hall–Kier alpha value is -2.83. The van der Waals surface area contributed by atoms with Gasteiger partial charge in [-0.3, -0.25) is 13.9 Å². The SMILES string of the molecule is Cn1c(=O)n(C)c2cc(S(=O)(=O)Nc3ccc(N4CCN(S(C)(=O)=O)CC4)cc3)ccc21. The van der Waals surface area contributed by atoms with Crippen molar-refractivity contribution in [3.8, 4) is 0 Å². The molecule has 0 radical (unpaired) electrons. The number of hydrogen-bond acceptors (Lipinski definition) is 6. The molecule has 172 valence electrons. The third-order valence-corrected chi connectivity index (χ3v) is 8.43. The van der Waals surface area contributed by atoms with E-state index in [-0.39, 0.29) is 10.6 Å². The molecule has 1 N–H and O–H groups in total. The predicted octanol–water partition coefficient (Wildman–Crippen LogP) is 0.759. The molecule has 12 heteroatoms. The van der Waals surface area contributed by atoms with E-state index in [2.05, 4.69) is 9.62 Å². The zero-order valence-corrected chi connectivity index (χ0v) is 19.6. The molecule has 4 rings (SSSR count). The summed E-state index contributed by atoms with van der Waals surface area (Å²) in [5.74, 6) is 0. The minimum Gasteiger partial charge on any atom is -0.369 e. The zero-order valence-electron chi connectivity index (χ0n) is 18.0. The van der Waals surface area contributed by atoms with E-state index in [0.717, 1.165) is 5.69 Å². The molecule has 1 aromatic heterocycles. The molecule has 0 atom stereocenters. The molecule has 32 heavy (non-hydrogen) atoms. The number of aromatic nitrogens is 2. The van der Waals surface area contributed by atoms with Gasteiger partial charge in [-0.1, -0.05) is 0 Å². The van der Waals surface area contributed by atoms with E-state index in [4.69, 9.17) is 0 Å². The van der Waals surface area contributed by atoms with Crippen LogP contribution < -0.4 is 15.3 Å². The van der Waals surface area contributed by atoms with Crippen LogP contribution >= 0.6 is 0 Å². The van der Waals surface area contributed by atoms with Crippen LogP contribution in [0.1, 0.15) is 0 Å². The summed E-state index contributed by atoms with van der Waals surface area (Å²) in [6, 6.07) is 11.5. The number of benzene rings is 2. The average Bonchev–Trinajstić information content (AvgIpc) is 2.97. The quantitative estimate of drug-likeness (QED) is 0.578. The number of sulfonamides is 2. The molecular weight excluding hydrogens is 454 g/mol. The average molecular weight is 480 g/mol. The number of piperazine rings is 1. The lowest BCUT2D eigenvalue weighted by molar-refractivity contribution is 0.388. The molecule has 0 aliphatic carbocycles. The molecule has 1 aliphatic heterocycles. The van der Waals surface area contributed by atoms with Gasteiger partial charge >= 0.3 is 5.69 Å². The monoisotopic (exact) mass is 479 g/mol. The number of anilines is 2. The summed E-state index contributed by atoms with van der Waals surface area (Å²) in [7, 11) is -3.80. The van der Waals surface area contributed by atoms with Gasteiger partial charge in [-0.05, 0) is 42.5 Å². The molecule has 1 fully saturated rings. The molecule has 2 heterocycles. The van der Waals surface area contributed by atoms with Gasteiger partial charge < -0.3 is 4.90 Å².